The van der Waals surface area contributed by atoms with Crippen LogP contribution >= 0.6 is 0 Å². The fourth-order valence-corrected chi connectivity index (χ4v) is 0.669. The molecular formula is C8H14F3NO3. The van der Waals surface area contributed by atoms with Crippen molar-refractivity contribution in [1.82, 2.24) is 4.90 Å². The lowest BCUT2D eigenvalue weighted by Gasteiger charge is -2.14. The third-order valence-electron chi connectivity index (χ3n) is 1.45. The number of carbonyl (C=O) groups is 2. The van der Waals surface area contributed by atoms with Crippen LogP contribution in [-0.4, -0.2) is 41.1 Å². The first-order chi connectivity index (χ1) is 6.66. The van der Waals surface area contributed by atoms with E-state index in [2.05, 4.69) is 0 Å². The highest BCUT2D eigenvalue weighted by Crippen LogP contribution is 2.13. The Morgan fingerprint density at radius 1 is 1.20 bits per heavy atom. The Morgan fingerprint density at radius 2 is 1.47 bits per heavy atom. The van der Waals surface area contributed by atoms with Crippen molar-refractivity contribution in [2.45, 2.75) is 26.9 Å². The third-order valence-corrected chi connectivity index (χ3v) is 1.45. The number of nitrogens with zero attached hydrogens (tertiary/aromatic N) is 1. The van der Waals surface area contributed by atoms with E-state index in [1.807, 2.05) is 13.8 Å². The lowest BCUT2D eigenvalue weighted by Crippen LogP contribution is -2.27. The van der Waals surface area contributed by atoms with Crippen LogP contribution in [0.4, 0.5) is 13.2 Å². The second-order valence-electron chi connectivity index (χ2n) is 2.49. The van der Waals surface area contributed by atoms with Gasteiger partial charge in [0.15, 0.2) is 0 Å². The molecule has 0 aliphatic rings. The molecule has 0 aromatic carbocycles. The molecule has 0 unspecified atom stereocenters. The number of hydrogen-bond acceptors (Lipinski definition) is 2. The summed E-state index contributed by atoms with van der Waals surface area (Å²) >= 11 is 0. The number of hydrogen-bond donors (Lipinski definition) is 1. The Labute approximate surface area is 85.7 Å². The molecule has 0 aromatic rings. The molecular weight excluding hydrogens is 215 g/mol. The molecule has 90 valence electrons. The van der Waals surface area contributed by atoms with Gasteiger partial charge >= 0.3 is 12.1 Å². The molecule has 1 amide bonds. The van der Waals surface area contributed by atoms with Crippen molar-refractivity contribution in [3.05, 3.63) is 0 Å². The van der Waals surface area contributed by atoms with Gasteiger partial charge in [-0.1, -0.05) is 0 Å². The maximum absolute atomic E-state index is 10.6. The SMILES string of the molecule is CCN(CC)C(C)=O.O=C(O)C(F)(F)F. The molecule has 0 aromatic heterocycles. The summed E-state index contributed by atoms with van der Waals surface area (Å²) in [7, 11) is 0. The van der Waals surface area contributed by atoms with Gasteiger partial charge in [-0.2, -0.15) is 13.2 Å². The standard InChI is InChI=1S/C6H13NO.C2HF3O2/c1-4-7(5-2)6(3)8;3-2(4,5)1(6)7/h4-5H2,1-3H3;(H,6,7). The van der Waals surface area contributed by atoms with Gasteiger partial charge in [0.25, 0.3) is 0 Å². The summed E-state index contributed by atoms with van der Waals surface area (Å²) in [5.74, 6) is -2.59. The van der Waals surface area contributed by atoms with E-state index in [0.29, 0.717) is 0 Å². The van der Waals surface area contributed by atoms with E-state index >= 15 is 0 Å². The third kappa shape index (κ3) is 9.04. The van der Waals surface area contributed by atoms with E-state index in [1.165, 1.54) is 0 Å². The van der Waals surface area contributed by atoms with Crippen molar-refractivity contribution in [3.63, 3.8) is 0 Å². The molecule has 0 rings (SSSR count). The van der Waals surface area contributed by atoms with Crippen molar-refractivity contribution < 1.29 is 27.9 Å². The monoisotopic (exact) mass is 229 g/mol. The van der Waals surface area contributed by atoms with Gasteiger partial charge in [0.1, 0.15) is 0 Å². The van der Waals surface area contributed by atoms with Crippen molar-refractivity contribution in [3.8, 4) is 0 Å². The molecule has 0 aliphatic carbocycles. The normalized spacial score (nSPS) is 10.0. The number of rotatable bonds is 2. The Bertz CT molecular complexity index is 212. The predicted octanol–water partition coefficient (Wildman–Crippen LogP) is 1.51. The van der Waals surface area contributed by atoms with Crippen molar-refractivity contribution in [2.24, 2.45) is 0 Å². The molecule has 0 saturated heterocycles. The lowest BCUT2D eigenvalue weighted by molar-refractivity contribution is -0.192. The van der Waals surface area contributed by atoms with E-state index in [1.54, 1.807) is 11.8 Å². The number of carboxylic acid groups (broad SMARTS) is 1. The maximum Gasteiger partial charge on any atom is 0.490 e. The van der Waals surface area contributed by atoms with Crippen LogP contribution in [0, 0.1) is 0 Å². The van der Waals surface area contributed by atoms with Gasteiger partial charge in [0.05, 0.1) is 0 Å². The Balaban J connectivity index is 0. The maximum atomic E-state index is 10.6. The Kier molecular flexibility index (Phi) is 7.63. The number of halogens is 3. The van der Waals surface area contributed by atoms with Crippen LogP contribution < -0.4 is 0 Å². The zero-order chi connectivity index (χ0) is 12.6. The van der Waals surface area contributed by atoms with Gasteiger partial charge in [-0.15, -0.1) is 0 Å². The summed E-state index contributed by atoms with van der Waals surface area (Å²) in [6.07, 6.45) is -5.08. The van der Waals surface area contributed by atoms with Crippen LogP contribution in [0.25, 0.3) is 0 Å². The quantitative estimate of drug-likeness (QED) is 0.780. The molecule has 0 heterocycles. The molecule has 0 radical (unpaired) electrons. The van der Waals surface area contributed by atoms with E-state index in [9.17, 15) is 18.0 Å². The van der Waals surface area contributed by atoms with Crippen LogP contribution in [-0.2, 0) is 9.59 Å². The molecule has 0 atom stereocenters. The average molecular weight is 229 g/mol. The van der Waals surface area contributed by atoms with Gasteiger partial charge in [-0.25, -0.2) is 4.79 Å². The number of alkyl halides is 3. The van der Waals surface area contributed by atoms with Gasteiger partial charge < -0.3 is 10.0 Å². The molecule has 7 heteroatoms. The molecule has 0 fully saturated rings. The Morgan fingerprint density at radius 3 is 1.47 bits per heavy atom. The van der Waals surface area contributed by atoms with E-state index < -0.39 is 12.1 Å². The molecule has 0 aliphatic heterocycles. The second-order valence-corrected chi connectivity index (χ2v) is 2.49. The highest BCUT2D eigenvalue weighted by Gasteiger charge is 2.38. The first-order valence-electron chi connectivity index (χ1n) is 4.22. The Hall–Kier alpha value is -1.27. The molecule has 0 spiro atoms. The summed E-state index contributed by atoms with van der Waals surface area (Å²) in [5.41, 5.74) is 0. The number of aliphatic carboxylic acids is 1. The molecule has 15 heavy (non-hydrogen) atoms. The smallest absolute Gasteiger partial charge is 0.475 e. The summed E-state index contributed by atoms with van der Waals surface area (Å²) in [6.45, 7) is 7.19. The number of amides is 1. The number of carboxylic acids is 1. The van der Waals surface area contributed by atoms with Crippen LogP contribution in [0.5, 0.6) is 0 Å². The summed E-state index contributed by atoms with van der Waals surface area (Å²) < 4.78 is 31.7. The van der Waals surface area contributed by atoms with E-state index in [0.717, 1.165) is 13.1 Å². The van der Waals surface area contributed by atoms with Gasteiger partial charge in [0, 0.05) is 20.0 Å². The molecule has 0 bridgehead atoms. The van der Waals surface area contributed by atoms with Crippen LogP contribution in [0.1, 0.15) is 20.8 Å². The van der Waals surface area contributed by atoms with Crippen molar-refractivity contribution >= 4 is 11.9 Å². The van der Waals surface area contributed by atoms with Crippen LogP contribution in [0.2, 0.25) is 0 Å². The van der Waals surface area contributed by atoms with Crippen molar-refractivity contribution in [1.29, 1.82) is 0 Å². The summed E-state index contributed by atoms with van der Waals surface area (Å²) in [5, 5.41) is 7.12. The topological polar surface area (TPSA) is 57.6 Å². The molecule has 1 N–H and O–H groups in total. The predicted molar refractivity (Wildman–Crippen MR) is 47.3 cm³/mol. The number of carbonyl (C=O) groups excluding carboxylic acids is 1. The second kappa shape index (κ2) is 7.08. The van der Waals surface area contributed by atoms with Gasteiger partial charge in [-0.3, -0.25) is 4.79 Å². The van der Waals surface area contributed by atoms with Gasteiger partial charge in [-0.05, 0) is 13.8 Å². The van der Waals surface area contributed by atoms with E-state index in [4.69, 9.17) is 9.90 Å². The first-order valence-corrected chi connectivity index (χ1v) is 4.22. The molecule has 4 nitrogen and oxygen atoms in total. The minimum Gasteiger partial charge on any atom is -0.475 e. The zero-order valence-corrected chi connectivity index (χ0v) is 8.76. The minimum absolute atomic E-state index is 0.162. The van der Waals surface area contributed by atoms with Crippen molar-refractivity contribution in [2.75, 3.05) is 13.1 Å². The van der Waals surface area contributed by atoms with Gasteiger partial charge in [0.2, 0.25) is 5.91 Å². The first kappa shape index (κ1) is 16.2. The highest BCUT2D eigenvalue weighted by atomic mass is 19.4. The summed E-state index contributed by atoms with van der Waals surface area (Å²) in [6, 6.07) is 0. The highest BCUT2D eigenvalue weighted by molar-refractivity contribution is 5.73. The average Bonchev–Trinajstić information content (AvgIpc) is 2.04. The molecule has 0 saturated carbocycles. The largest absolute Gasteiger partial charge is 0.490 e. The summed E-state index contributed by atoms with van der Waals surface area (Å²) in [4.78, 5) is 21.2. The van der Waals surface area contributed by atoms with E-state index in [-0.39, 0.29) is 5.91 Å². The fraction of sp³-hybridized carbons (Fsp3) is 0.750. The van der Waals surface area contributed by atoms with Crippen LogP contribution in [0.3, 0.4) is 0 Å². The fourth-order valence-electron chi connectivity index (χ4n) is 0.669. The van der Waals surface area contributed by atoms with Crippen LogP contribution in [0.15, 0.2) is 0 Å². The lowest BCUT2D eigenvalue weighted by atomic mass is 10.5. The zero-order valence-electron chi connectivity index (χ0n) is 8.76. The minimum atomic E-state index is -5.08.